The first-order valence-electron chi connectivity index (χ1n) is 7.18. The highest BCUT2D eigenvalue weighted by atomic mass is 35.5. The third-order valence-electron chi connectivity index (χ3n) is 3.22. The molecule has 8 heteroatoms. The summed E-state index contributed by atoms with van der Waals surface area (Å²) in [5, 5.41) is 9.23. The molecule has 0 atom stereocenters. The van der Waals surface area contributed by atoms with Gasteiger partial charge in [0.15, 0.2) is 5.13 Å². The number of hydrogen-bond acceptors (Lipinski definition) is 5. The van der Waals surface area contributed by atoms with E-state index in [-0.39, 0.29) is 11.6 Å². The Kier molecular flexibility index (Phi) is 5.43. The molecule has 0 bridgehead atoms. The molecule has 0 fully saturated rings. The number of nitrogens with zero attached hydrogens (tertiary/aromatic N) is 1. The van der Waals surface area contributed by atoms with Crippen LogP contribution in [0.15, 0.2) is 47.8 Å². The van der Waals surface area contributed by atoms with Crippen molar-refractivity contribution in [3.8, 4) is 5.75 Å². The van der Waals surface area contributed by atoms with E-state index in [0.29, 0.717) is 26.6 Å². The van der Waals surface area contributed by atoms with Crippen LogP contribution >= 0.6 is 34.5 Å². The van der Waals surface area contributed by atoms with Gasteiger partial charge in [-0.05, 0) is 36.4 Å². The van der Waals surface area contributed by atoms with Crippen molar-refractivity contribution in [1.82, 2.24) is 4.98 Å². The summed E-state index contributed by atoms with van der Waals surface area (Å²) in [4.78, 5) is 16.7. The van der Waals surface area contributed by atoms with Crippen molar-refractivity contribution in [2.45, 2.75) is 0 Å². The quantitative estimate of drug-likeness (QED) is 0.604. The van der Waals surface area contributed by atoms with Gasteiger partial charge in [0.05, 0.1) is 12.8 Å². The van der Waals surface area contributed by atoms with Gasteiger partial charge in [-0.3, -0.25) is 4.79 Å². The molecule has 0 saturated carbocycles. The predicted octanol–water partition coefficient (Wildman–Crippen LogP) is 5.45. The lowest BCUT2D eigenvalue weighted by Gasteiger charge is -2.09. The summed E-state index contributed by atoms with van der Waals surface area (Å²) in [5.74, 6) is 0.168. The number of rotatable bonds is 5. The molecule has 0 aliphatic carbocycles. The highest BCUT2D eigenvalue weighted by Crippen LogP contribution is 2.29. The fraction of sp³-hybridized carbons (Fsp3) is 0.0588. The number of carbonyl (C=O) groups excluding carboxylic acids is 1. The molecule has 0 unspecified atom stereocenters. The molecule has 2 N–H and O–H groups in total. The van der Waals surface area contributed by atoms with E-state index >= 15 is 0 Å². The average molecular weight is 394 g/mol. The number of halogens is 2. The van der Waals surface area contributed by atoms with E-state index in [2.05, 4.69) is 15.6 Å². The molecule has 1 heterocycles. The minimum atomic E-state index is -0.351. The Labute approximate surface area is 158 Å². The van der Waals surface area contributed by atoms with E-state index in [1.807, 2.05) is 12.1 Å². The average Bonchev–Trinajstić information content (AvgIpc) is 3.04. The van der Waals surface area contributed by atoms with Crippen LogP contribution in [0.25, 0.3) is 0 Å². The van der Waals surface area contributed by atoms with Crippen molar-refractivity contribution in [2.75, 3.05) is 17.7 Å². The molecule has 3 rings (SSSR count). The first kappa shape index (κ1) is 17.5. The van der Waals surface area contributed by atoms with Crippen LogP contribution in [0.5, 0.6) is 5.75 Å². The lowest BCUT2D eigenvalue weighted by Crippen LogP contribution is -2.13. The Morgan fingerprint density at radius 3 is 2.72 bits per heavy atom. The van der Waals surface area contributed by atoms with Crippen molar-refractivity contribution in [3.63, 3.8) is 0 Å². The lowest BCUT2D eigenvalue weighted by atomic mass is 10.3. The molecule has 0 saturated heterocycles. The van der Waals surface area contributed by atoms with E-state index in [1.165, 1.54) is 18.4 Å². The standard InChI is InChI=1S/C17H13Cl2N3O2S/c1-24-15-6-5-11(19)8-13(15)21-16(23)14-9-25-17(22-14)20-12-4-2-3-10(18)7-12/h2-9H,1H3,(H,20,22)(H,21,23). The van der Waals surface area contributed by atoms with Gasteiger partial charge in [-0.15, -0.1) is 11.3 Å². The first-order chi connectivity index (χ1) is 12.0. The number of anilines is 3. The fourth-order valence-corrected chi connectivity index (χ4v) is 3.16. The van der Waals surface area contributed by atoms with E-state index < -0.39 is 0 Å². The third-order valence-corrected chi connectivity index (χ3v) is 4.45. The SMILES string of the molecule is COc1ccc(Cl)cc1NC(=O)c1csc(Nc2cccc(Cl)c2)n1. The third kappa shape index (κ3) is 4.42. The highest BCUT2D eigenvalue weighted by molar-refractivity contribution is 7.14. The molecule has 0 aliphatic rings. The maximum absolute atomic E-state index is 12.4. The number of carbonyl (C=O) groups is 1. The van der Waals surface area contributed by atoms with Gasteiger partial charge in [-0.25, -0.2) is 4.98 Å². The van der Waals surface area contributed by atoms with E-state index in [4.69, 9.17) is 27.9 Å². The number of thiazole rings is 1. The Morgan fingerprint density at radius 2 is 1.96 bits per heavy atom. The van der Waals surface area contributed by atoms with Gasteiger partial charge < -0.3 is 15.4 Å². The minimum absolute atomic E-state index is 0.288. The predicted molar refractivity (Wildman–Crippen MR) is 103 cm³/mol. The molecule has 25 heavy (non-hydrogen) atoms. The summed E-state index contributed by atoms with van der Waals surface area (Å²) in [6.07, 6.45) is 0. The van der Waals surface area contributed by atoms with E-state index in [1.54, 1.807) is 35.7 Å². The summed E-state index contributed by atoms with van der Waals surface area (Å²) in [6, 6.07) is 12.2. The van der Waals surface area contributed by atoms with Crippen molar-refractivity contribution in [1.29, 1.82) is 0 Å². The summed E-state index contributed by atoms with van der Waals surface area (Å²) < 4.78 is 5.22. The van der Waals surface area contributed by atoms with Crippen LogP contribution in [-0.2, 0) is 0 Å². The minimum Gasteiger partial charge on any atom is -0.495 e. The van der Waals surface area contributed by atoms with E-state index in [0.717, 1.165) is 5.69 Å². The second-order valence-electron chi connectivity index (χ2n) is 4.97. The molecule has 1 amide bonds. The van der Waals surface area contributed by atoms with Gasteiger partial charge in [0.25, 0.3) is 5.91 Å². The largest absolute Gasteiger partial charge is 0.495 e. The Balaban J connectivity index is 1.74. The topological polar surface area (TPSA) is 63.2 Å². The first-order valence-corrected chi connectivity index (χ1v) is 8.82. The van der Waals surface area contributed by atoms with Crippen molar-refractivity contribution in [3.05, 3.63) is 63.6 Å². The number of ether oxygens (including phenoxy) is 1. The van der Waals surface area contributed by atoms with Gasteiger partial charge in [-0.2, -0.15) is 0 Å². The van der Waals surface area contributed by atoms with Crippen molar-refractivity contribution < 1.29 is 9.53 Å². The zero-order valence-corrected chi connectivity index (χ0v) is 15.4. The number of methoxy groups -OCH3 is 1. The van der Waals surface area contributed by atoms with Gasteiger partial charge in [0.2, 0.25) is 0 Å². The highest BCUT2D eigenvalue weighted by Gasteiger charge is 2.14. The zero-order chi connectivity index (χ0) is 17.8. The molecule has 5 nitrogen and oxygen atoms in total. The van der Waals surface area contributed by atoms with Crippen molar-refractivity contribution >= 4 is 57.0 Å². The molecule has 0 spiro atoms. The van der Waals surface area contributed by atoms with Crippen LogP contribution in [0.3, 0.4) is 0 Å². The Bertz CT molecular complexity index is 914. The van der Waals surface area contributed by atoms with Gasteiger partial charge in [0, 0.05) is 21.1 Å². The van der Waals surface area contributed by atoms with Crippen LogP contribution in [0, 0.1) is 0 Å². The molecule has 1 aromatic heterocycles. The van der Waals surface area contributed by atoms with Gasteiger partial charge in [0.1, 0.15) is 11.4 Å². The smallest absolute Gasteiger partial charge is 0.275 e. The number of nitrogens with one attached hydrogen (secondary N) is 2. The van der Waals surface area contributed by atoms with Gasteiger partial charge in [-0.1, -0.05) is 29.3 Å². The molecular formula is C17H13Cl2N3O2S. The maximum atomic E-state index is 12.4. The molecule has 3 aromatic rings. The summed E-state index contributed by atoms with van der Waals surface area (Å²) in [5.41, 5.74) is 1.57. The second kappa shape index (κ2) is 7.74. The number of amides is 1. The van der Waals surface area contributed by atoms with Crippen LogP contribution in [0.1, 0.15) is 10.5 Å². The Hall–Kier alpha value is -2.28. The summed E-state index contributed by atoms with van der Waals surface area (Å²) in [6.45, 7) is 0. The zero-order valence-electron chi connectivity index (χ0n) is 13.0. The summed E-state index contributed by atoms with van der Waals surface area (Å²) in [7, 11) is 1.52. The lowest BCUT2D eigenvalue weighted by molar-refractivity contribution is 0.102. The number of benzene rings is 2. The molecule has 0 aliphatic heterocycles. The number of aromatic nitrogens is 1. The normalized spacial score (nSPS) is 10.4. The van der Waals surface area contributed by atoms with Crippen LogP contribution in [-0.4, -0.2) is 18.0 Å². The number of hydrogen-bond donors (Lipinski definition) is 2. The maximum Gasteiger partial charge on any atom is 0.275 e. The second-order valence-corrected chi connectivity index (χ2v) is 6.70. The molecule has 0 radical (unpaired) electrons. The fourth-order valence-electron chi connectivity index (χ4n) is 2.09. The van der Waals surface area contributed by atoms with Crippen LogP contribution in [0.4, 0.5) is 16.5 Å². The Morgan fingerprint density at radius 1 is 1.16 bits per heavy atom. The monoisotopic (exact) mass is 393 g/mol. The summed E-state index contributed by atoms with van der Waals surface area (Å²) >= 11 is 13.2. The molecular weight excluding hydrogens is 381 g/mol. The van der Waals surface area contributed by atoms with Crippen LogP contribution < -0.4 is 15.4 Å². The van der Waals surface area contributed by atoms with Crippen molar-refractivity contribution in [2.24, 2.45) is 0 Å². The van der Waals surface area contributed by atoms with E-state index in [9.17, 15) is 4.79 Å². The molecule has 2 aromatic carbocycles. The van der Waals surface area contributed by atoms with Gasteiger partial charge >= 0.3 is 0 Å². The molecule has 128 valence electrons. The van der Waals surface area contributed by atoms with Crippen LogP contribution in [0.2, 0.25) is 10.0 Å².